The van der Waals surface area contributed by atoms with Crippen molar-refractivity contribution in [1.82, 2.24) is 5.32 Å². The molecule has 32 heavy (non-hydrogen) atoms. The molecule has 0 bridgehead atoms. The molecule has 0 unspecified atom stereocenters. The molecule has 0 aromatic heterocycles. The van der Waals surface area contributed by atoms with Gasteiger partial charge in [-0.1, -0.05) is 0 Å². The molecule has 2 saturated heterocycles. The number of aliphatic hydroxyl groups excluding tert-OH is 8. The van der Waals surface area contributed by atoms with Crippen LogP contribution in [0.3, 0.4) is 0 Å². The van der Waals surface area contributed by atoms with E-state index in [2.05, 4.69) is 5.32 Å². The van der Waals surface area contributed by atoms with Gasteiger partial charge in [0.05, 0.1) is 25.4 Å². The van der Waals surface area contributed by atoms with Crippen molar-refractivity contribution in [1.29, 1.82) is 0 Å². The van der Waals surface area contributed by atoms with Crippen LogP contribution >= 0.6 is 0 Å². The number of carbonyl (C=O) groups excluding carboxylic acids is 1. The smallest absolute Gasteiger partial charge is 0.364 e. The van der Waals surface area contributed by atoms with Gasteiger partial charge < -0.3 is 65.5 Å². The van der Waals surface area contributed by atoms with Crippen molar-refractivity contribution in [2.75, 3.05) is 13.2 Å². The van der Waals surface area contributed by atoms with Gasteiger partial charge in [0.15, 0.2) is 6.29 Å². The van der Waals surface area contributed by atoms with E-state index < -0.39 is 98.5 Å². The van der Waals surface area contributed by atoms with Gasteiger partial charge in [0, 0.05) is 13.3 Å². The van der Waals surface area contributed by atoms with E-state index >= 15 is 0 Å². The molecular formula is C17H29NO14. The Morgan fingerprint density at radius 2 is 1.75 bits per heavy atom. The SMILES string of the molecule is CC(=O)N[C@H]1[C@H]([C@H](O)[C@H](O)CO)O[C@@](OC[C@H]2O[C@H](O)[C@H](O)[C@@H](O)[C@H]2O)(C(=O)O)C[C@@H]1O. The summed E-state index contributed by atoms with van der Waals surface area (Å²) in [6.45, 7) is -0.691. The number of hydrogen-bond donors (Lipinski definition) is 10. The highest BCUT2D eigenvalue weighted by molar-refractivity contribution is 5.76. The summed E-state index contributed by atoms with van der Waals surface area (Å²) in [6.07, 6.45) is -16.9. The first-order chi connectivity index (χ1) is 14.8. The number of rotatable bonds is 8. The van der Waals surface area contributed by atoms with Crippen LogP contribution in [0.25, 0.3) is 0 Å². The molecule has 1 amide bonds. The van der Waals surface area contributed by atoms with Crippen molar-refractivity contribution in [2.45, 2.75) is 80.3 Å². The lowest BCUT2D eigenvalue weighted by atomic mass is 9.88. The lowest BCUT2D eigenvalue weighted by Crippen LogP contribution is -2.68. The summed E-state index contributed by atoms with van der Waals surface area (Å²) in [5.41, 5.74) is 0. The Morgan fingerprint density at radius 1 is 1.12 bits per heavy atom. The number of aliphatic carboxylic acids is 1. The Hall–Kier alpha value is -1.50. The normalized spacial score (nSPS) is 42.2. The maximum absolute atomic E-state index is 12.0. The Balaban J connectivity index is 2.27. The van der Waals surface area contributed by atoms with E-state index in [1.165, 1.54) is 0 Å². The van der Waals surface area contributed by atoms with Gasteiger partial charge in [0.25, 0.3) is 5.79 Å². The molecule has 0 aromatic carbocycles. The molecule has 15 nitrogen and oxygen atoms in total. The van der Waals surface area contributed by atoms with E-state index in [0.29, 0.717) is 0 Å². The molecular weight excluding hydrogens is 442 g/mol. The molecule has 2 aliphatic heterocycles. The Labute approximate surface area is 181 Å². The van der Waals surface area contributed by atoms with E-state index in [1.807, 2.05) is 0 Å². The highest BCUT2D eigenvalue weighted by atomic mass is 16.7. The molecule has 2 rings (SSSR count). The number of nitrogens with one attached hydrogen (secondary N) is 1. The number of aliphatic hydroxyl groups is 8. The fourth-order valence-corrected chi connectivity index (χ4v) is 3.56. The number of carbonyl (C=O) groups is 2. The predicted octanol–water partition coefficient (Wildman–Crippen LogP) is -6.05. The Morgan fingerprint density at radius 3 is 2.28 bits per heavy atom. The van der Waals surface area contributed by atoms with Crippen LogP contribution in [-0.4, -0.2) is 138 Å². The van der Waals surface area contributed by atoms with E-state index in [4.69, 9.17) is 19.3 Å². The van der Waals surface area contributed by atoms with Crippen LogP contribution in [0.4, 0.5) is 0 Å². The van der Waals surface area contributed by atoms with Gasteiger partial charge in [-0.3, -0.25) is 4.79 Å². The van der Waals surface area contributed by atoms with Gasteiger partial charge in [-0.2, -0.15) is 0 Å². The van der Waals surface area contributed by atoms with Gasteiger partial charge in [0.1, 0.15) is 42.7 Å². The van der Waals surface area contributed by atoms with Gasteiger partial charge in [-0.25, -0.2) is 4.79 Å². The number of hydrogen-bond acceptors (Lipinski definition) is 13. The minimum Gasteiger partial charge on any atom is -0.477 e. The first kappa shape index (κ1) is 26.7. The molecule has 0 radical (unpaired) electrons. The molecule has 0 aliphatic carbocycles. The van der Waals surface area contributed by atoms with Crippen LogP contribution in [0.2, 0.25) is 0 Å². The predicted molar refractivity (Wildman–Crippen MR) is 97.4 cm³/mol. The molecule has 10 N–H and O–H groups in total. The average molecular weight is 471 g/mol. The maximum atomic E-state index is 12.0. The summed E-state index contributed by atoms with van der Waals surface area (Å²) in [7, 11) is 0. The van der Waals surface area contributed by atoms with Gasteiger partial charge >= 0.3 is 5.97 Å². The van der Waals surface area contributed by atoms with E-state index in [0.717, 1.165) is 6.92 Å². The summed E-state index contributed by atoms with van der Waals surface area (Å²) in [5, 5.41) is 90.6. The number of carboxylic acid groups (broad SMARTS) is 1. The lowest BCUT2D eigenvalue weighted by Gasteiger charge is -2.47. The molecule has 186 valence electrons. The van der Waals surface area contributed by atoms with Crippen molar-refractivity contribution in [2.24, 2.45) is 0 Å². The molecule has 11 atom stereocenters. The van der Waals surface area contributed by atoms with Crippen molar-refractivity contribution in [3.63, 3.8) is 0 Å². The quantitative estimate of drug-likeness (QED) is 0.158. The van der Waals surface area contributed by atoms with Crippen molar-refractivity contribution < 1.29 is 69.8 Å². The number of carboxylic acids is 1. The third-order valence-electron chi connectivity index (χ3n) is 5.35. The first-order valence-corrected chi connectivity index (χ1v) is 9.69. The van der Waals surface area contributed by atoms with Gasteiger partial charge in [0.2, 0.25) is 5.91 Å². The number of ether oxygens (including phenoxy) is 3. The van der Waals surface area contributed by atoms with Crippen LogP contribution in [0.1, 0.15) is 13.3 Å². The van der Waals surface area contributed by atoms with Crippen LogP contribution in [-0.2, 0) is 23.8 Å². The highest BCUT2D eigenvalue weighted by Crippen LogP contribution is 2.34. The molecule has 15 heteroatoms. The first-order valence-electron chi connectivity index (χ1n) is 9.69. The maximum Gasteiger partial charge on any atom is 0.364 e. The molecule has 0 aromatic rings. The Kier molecular flexibility index (Phi) is 8.88. The minimum absolute atomic E-state index is 0.669. The fraction of sp³-hybridized carbons (Fsp3) is 0.882. The summed E-state index contributed by atoms with van der Waals surface area (Å²) in [4.78, 5) is 23.5. The second-order valence-corrected chi connectivity index (χ2v) is 7.73. The van der Waals surface area contributed by atoms with Crippen molar-refractivity contribution >= 4 is 11.9 Å². The van der Waals surface area contributed by atoms with Crippen LogP contribution < -0.4 is 5.32 Å². The molecule has 2 fully saturated rings. The third-order valence-corrected chi connectivity index (χ3v) is 5.35. The second-order valence-electron chi connectivity index (χ2n) is 7.73. The summed E-state index contributed by atoms with van der Waals surface area (Å²) in [5.74, 6) is -5.15. The highest BCUT2D eigenvalue weighted by Gasteiger charge is 2.56. The number of amides is 1. The van der Waals surface area contributed by atoms with Gasteiger partial charge in [-0.05, 0) is 0 Å². The van der Waals surface area contributed by atoms with E-state index in [-0.39, 0.29) is 0 Å². The minimum atomic E-state index is -2.69. The summed E-state index contributed by atoms with van der Waals surface area (Å²) < 4.78 is 15.5. The lowest BCUT2D eigenvalue weighted by molar-refractivity contribution is -0.334. The van der Waals surface area contributed by atoms with Crippen molar-refractivity contribution in [3.8, 4) is 0 Å². The van der Waals surface area contributed by atoms with E-state index in [9.17, 15) is 50.4 Å². The topological polar surface area (TPSA) is 256 Å². The van der Waals surface area contributed by atoms with Crippen LogP contribution in [0.15, 0.2) is 0 Å². The van der Waals surface area contributed by atoms with Crippen molar-refractivity contribution in [3.05, 3.63) is 0 Å². The Bertz CT molecular complexity index is 665. The van der Waals surface area contributed by atoms with Gasteiger partial charge in [-0.15, -0.1) is 0 Å². The third kappa shape index (κ3) is 5.52. The summed E-state index contributed by atoms with van der Waals surface area (Å²) in [6, 6.07) is -1.39. The average Bonchev–Trinajstić information content (AvgIpc) is 2.73. The summed E-state index contributed by atoms with van der Waals surface area (Å²) >= 11 is 0. The molecule has 2 aliphatic rings. The van der Waals surface area contributed by atoms with E-state index in [1.54, 1.807) is 0 Å². The molecule has 2 heterocycles. The monoisotopic (exact) mass is 471 g/mol. The second kappa shape index (κ2) is 10.6. The van der Waals surface area contributed by atoms with Crippen LogP contribution in [0.5, 0.6) is 0 Å². The zero-order chi connectivity index (χ0) is 24.4. The molecule has 0 spiro atoms. The fourth-order valence-electron chi connectivity index (χ4n) is 3.56. The standard InChI is InChI=1S/C17H29NO14/c1-5(20)18-9-6(21)2-17(16(28)29,32-14(9)10(23)7(22)3-19)30-4-8-11(24)12(25)13(26)15(27)31-8/h6-15,19,21-27H,2-4H2,1H3,(H,18,20)(H,28,29)/t6-,7+,8+,9+,10+,11-,12-,13+,14+,15-,17+/m0/s1. The molecule has 0 saturated carbocycles. The zero-order valence-electron chi connectivity index (χ0n) is 17.0. The van der Waals surface area contributed by atoms with Crippen LogP contribution in [0, 0.1) is 0 Å². The largest absolute Gasteiger partial charge is 0.477 e. The zero-order valence-corrected chi connectivity index (χ0v) is 17.0.